The lowest BCUT2D eigenvalue weighted by molar-refractivity contribution is 0.0343. The molecule has 1 aliphatic rings. The van der Waals surface area contributed by atoms with Crippen LogP contribution in [0.2, 0.25) is 0 Å². The first kappa shape index (κ1) is 10.8. The number of nitrogens with zero attached hydrogens (tertiary/aromatic N) is 1. The third kappa shape index (κ3) is 2.08. The largest absolute Gasteiger partial charge is 0.379 e. The monoisotopic (exact) mass is 230 g/mol. The van der Waals surface area contributed by atoms with Crippen molar-refractivity contribution in [2.45, 2.75) is 13.5 Å². The minimum atomic E-state index is 0.862. The van der Waals surface area contributed by atoms with Gasteiger partial charge in [-0.2, -0.15) is 0 Å². The second-order valence-electron chi connectivity index (χ2n) is 4.70. The van der Waals surface area contributed by atoms with Crippen molar-refractivity contribution in [1.29, 1.82) is 0 Å². The Hall–Kier alpha value is -1.32. The van der Waals surface area contributed by atoms with Gasteiger partial charge in [-0.3, -0.25) is 4.90 Å². The van der Waals surface area contributed by atoms with Crippen molar-refractivity contribution < 1.29 is 4.74 Å². The molecule has 0 amide bonds. The average molecular weight is 230 g/mol. The summed E-state index contributed by atoms with van der Waals surface area (Å²) in [6.45, 7) is 6.98. The van der Waals surface area contributed by atoms with Crippen LogP contribution in [0.5, 0.6) is 0 Å². The normalized spacial score (nSPS) is 17.7. The SMILES string of the molecule is Cc1cccc2c(CN3CCOCC3)c[nH]c12. The Morgan fingerprint density at radius 3 is 2.94 bits per heavy atom. The summed E-state index contributed by atoms with van der Waals surface area (Å²) in [7, 11) is 0. The molecule has 3 rings (SSSR count). The van der Waals surface area contributed by atoms with Gasteiger partial charge in [0.25, 0.3) is 0 Å². The van der Waals surface area contributed by atoms with E-state index in [4.69, 9.17) is 4.74 Å². The van der Waals surface area contributed by atoms with Crippen LogP contribution in [0.1, 0.15) is 11.1 Å². The highest BCUT2D eigenvalue weighted by atomic mass is 16.5. The van der Waals surface area contributed by atoms with Crippen LogP contribution in [-0.4, -0.2) is 36.2 Å². The number of aromatic nitrogens is 1. The maximum Gasteiger partial charge on any atom is 0.0594 e. The lowest BCUT2D eigenvalue weighted by Crippen LogP contribution is -2.35. The number of aromatic amines is 1. The number of fused-ring (bicyclic) bond motifs is 1. The Bertz CT molecular complexity index is 512. The molecule has 0 atom stereocenters. The van der Waals surface area contributed by atoms with Gasteiger partial charge in [-0.05, 0) is 18.1 Å². The maximum atomic E-state index is 5.38. The van der Waals surface area contributed by atoms with Crippen LogP contribution in [0.3, 0.4) is 0 Å². The number of ether oxygens (including phenoxy) is 1. The van der Waals surface area contributed by atoms with Crippen molar-refractivity contribution in [2.75, 3.05) is 26.3 Å². The summed E-state index contributed by atoms with van der Waals surface area (Å²) in [6, 6.07) is 6.49. The van der Waals surface area contributed by atoms with Crippen molar-refractivity contribution in [2.24, 2.45) is 0 Å². The smallest absolute Gasteiger partial charge is 0.0594 e. The summed E-state index contributed by atoms with van der Waals surface area (Å²) < 4.78 is 5.38. The van der Waals surface area contributed by atoms with Crippen molar-refractivity contribution in [3.05, 3.63) is 35.5 Å². The number of benzene rings is 1. The predicted octanol–water partition coefficient (Wildman–Crippen LogP) is 2.31. The van der Waals surface area contributed by atoms with Crippen molar-refractivity contribution in [1.82, 2.24) is 9.88 Å². The molecule has 1 saturated heterocycles. The zero-order valence-electron chi connectivity index (χ0n) is 10.2. The quantitative estimate of drug-likeness (QED) is 0.857. The number of H-pyrrole nitrogens is 1. The molecule has 0 bridgehead atoms. The van der Waals surface area contributed by atoms with Crippen molar-refractivity contribution in [3.8, 4) is 0 Å². The molecule has 2 heterocycles. The van der Waals surface area contributed by atoms with E-state index in [1.54, 1.807) is 0 Å². The molecule has 3 nitrogen and oxygen atoms in total. The van der Waals surface area contributed by atoms with Crippen LogP contribution in [0.25, 0.3) is 10.9 Å². The number of rotatable bonds is 2. The Morgan fingerprint density at radius 1 is 1.29 bits per heavy atom. The molecule has 2 aromatic rings. The van der Waals surface area contributed by atoms with Crippen LogP contribution < -0.4 is 0 Å². The highest BCUT2D eigenvalue weighted by Gasteiger charge is 2.13. The third-order valence-electron chi connectivity index (χ3n) is 3.51. The topological polar surface area (TPSA) is 28.3 Å². The molecule has 17 heavy (non-hydrogen) atoms. The molecule has 3 heteroatoms. The number of para-hydroxylation sites is 1. The van der Waals surface area contributed by atoms with E-state index >= 15 is 0 Å². The van der Waals surface area contributed by atoms with Gasteiger partial charge in [-0.15, -0.1) is 0 Å². The standard InChI is InChI=1S/C14H18N2O/c1-11-3-2-4-13-12(9-15-14(11)13)10-16-5-7-17-8-6-16/h2-4,9,15H,5-8,10H2,1H3. The minimum absolute atomic E-state index is 0.862. The van der Waals surface area contributed by atoms with Crippen LogP contribution >= 0.6 is 0 Å². The minimum Gasteiger partial charge on any atom is -0.379 e. The third-order valence-corrected chi connectivity index (χ3v) is 3.51. The van der Waals surface area contributed by atoms with Crippen molar-refractivity contribution in [3.63, 3.8) is 0 Å². The molecular formula is C14H18N2O. The number of hydrogen-bond donors (Lipinski definition) is 1. The molecule has 1 aliphatic heterocycles. The lowest BCUT2D eigenvalue weighted by Gasteiger charge is -2.26. The van der Waals surface area contributed by atoms with Crippen molar-refractivity contribution >= 4 is 10.9 Å². The fourth-order valence-electron chi connectivity index (χ4n) is 2.49. The summed E-state index contributed by atoms with van der Waals surface area (Å²) in [5.41, 5.74) is 3.98. The molecule has 0 saturated carbocycles. The van der Waals surface area contributed by atoms with Gasteiger partial charge in [0.05, 0.1) is 13.2 Å². The molecule has 0 radical (unpaired) electrons. The molecular weight excluding hydrogens is 212 g/mol. The summed E-state index contributed by atoms with van der Waals surface area (Å²) in [6.07, 6.45) is 2.15. The lowest BCUT2D eigenvalue weighted by atomic mass is 10.1. The summed E-state index contributed by atoms with van der Waals surface area (Å²) in [5, 5.41) is 1.36. The van der Waals surface area contributed by atoms with E-state index in [-0.39, 0.29) is 0 Å². The highest BCUT2D eigenvalue weighted by molar-refractivity contribution is 5.85. The molecule has 1 aromatic carbocycles. The number of nitrogens with one attached hydrogen (secondary N) is 1. The maximum absolute atomic E-state index is 5.38. The first-order valence-electron chi connectivity index (χ1n) is 6.20. The molecule has 0 spiro atoms. The predicted molar refractivity (Wildman–Crippen MR) is 69.1 cm³/mol. The Morgan fingerprint density at radius 2 is 2.12 bits per heavy atom. The van der Waals surface area contributed by atoms with E-state index in [0.717, 1.165) is 32.8 Å². The fourth-order valence-corrected chi connectivity index (χ4v) is 2.49. The first-order valence-corrected chi connectivity index (χ1v) is 6.20. The van der Waals surface area contributed by atoms with Gasteiger partial charge in [-0.1, -0.05) is 18.2 Å². The van der Waals surface area contributed by atoms with Gasteiger partial charge >= 0.3 is 0 Å². The van der Waals surface area contributed by atoms with E-state index in [1.807, 2.05) is 0 Å². The summed E-state index contributed by atoms with van der Waals surface area (Å²) >= 11 is 0. The van der Waals surface area contributed by atoms with Gasteiger partial charge in [0.2, 0.25) is 0 Å². The summed E-state index contributed by atoms with van der Waals surface area (Å²) in [5.74, 6) is 0. The molecule has 0 aliphatic carbocycles. The molecule has 1 N–H and O–H groups in total. The van der Waals surface area contributed by atoms with Gasteiger partial charge in [0.1, 0.15) is 0 Å². The van der Waals surface area contributed by atoms with Gasteiger partial charge in [0.15, 0.2) is 0 Å². The Kier molecular flexibility index (Phi) is 2.87. The zero-order valence-corrected chi connectivity index (χ0v) is 10.2. The van der Waals surface area contributed by atoms with Crippen LogP contribution in [-0.2, 0) is 11.3 Å². The average Bonchev–Trinajstić information content (AvgIpc) is 2.76. The van der Waals surface area contributed by atoms with E-state index < -0.39 is 0 Å². The second kappa shape index (κ2) is 4.51. The van der Waals surface area contributed by atoms with E-state index in [1.165, 1.54) is 22.0 Å². The first-order chi connectivity index (χ1) is 8.34. The Labute approximate surface area is 101 Å². The van der Waals surface area contributed by atoms with E-state index in [9.17, 15) is 0 Å². The zero-order chi connectivity index (χ0) is 11.7. The highest BCUT2D eigenvalue weighted by Crippen LogP contribution is 2.22. The van der Waals surface area contributed by atoms with Crippen LogP contribution in [0.15, 0.2) is 24.4 Å². The van der Waals surface area contributed by atoms with E-state index in [0.29, 0.717) is 0 Å². The molecule has 90 valence electrons. The number of aryl methyl sites for hydroxylation is 1. The van der Waals surface area contributed by atoms with Gasteiger partial charge in [0, 0.05) is 36.7 Å². The number of hydrogen-bond acceptors (Lipinski definition) is 2. The number of morpholine rings is 1. The fraction of sp³-hybridized carbons (Fsp3) is 0.429. The molecule has 1 fully saturated rings. The van der Waals surface area contributed by atoms with Gasteiger partial charge in [-0.25, -0.2) is 0 Å². The Balaban J connectivity index is 1.87. The summed E-state index contributed by atoms with van der Waals surface area (Å²) in [4.78, 5) is 5.84. The van der Waals surface area contributed by atoms with Gasteiger partial charge < -0.3 is 9.72 Å². The van der Waals surface area contributed by atoms with E-state index in [2.05, 4.69) is 41.2 Å². The second-order valence-corrected chi connectivity index (χ2v) is 4.70. The molecule has 1 aromatic heterocycles. The van der Waals surface area contributed by atoms with Crippen LogP contribution in [0, 0.1) is 6.92 Å². The molecule has 0 unspecified atom stereocenters. The van der Waals surface area contributed by atoms with Crippen LogP contribution in [0.4, 0.5) is 0 Å².